The molecule has 0 spiro atoms. The molecule has 0 unspecified atom stereocenters. The Bertz CT molecular complexity index is 756. The van der Waals surface area contributed by atoms with Gasteiger partial charge in [-0.15, -0.1) is 0 Å². The Morgan fingerprint density at radius 2 is 1.90 bits per heavy atom. The van der Waals surface area contributed by atoms with Crippen LogP contribution in [0, 0.1) is 6.92 Å². The molecule has 2 aromatic carbocycles. The summed E-state index contributed by atoms with van der Waals surface area (Å²) in [4.78, 5) is 8.57. The second-order valence-electron chi connectivity index (χ2n) is 4.51. The number of nitrogens with one attached hydrogen (secondary N) is 1. The lowest BCUT2D eigenvalue weighted by Gasteiger charge is -2.02. The maximum absolute atomic E-state index is 12.2. The Kier molecular flexibility index (Phi) is 3.79. The largest absolute Gasteiger partial charge is 0.435 e. The lowest BCUT2D eigenvalue weighted by atomic mass is 10.2. The number of nitrogens with zero attached hydrogens (tertiary/aromatic N) is 1. The standard InChI is InChI=1S/C15H12F2N2OS/c1-9-2-5-11(6-3-9)21-15-18-12-7-4-10(20-14(16)17)8-13(12)19-15/h2-8,14H,1H3,(H,18,19). The fraction of sp³-hybridized carbons (Fsp3) is 0.133. The first-order chi connectivity index (χ1) is 10.1. The van der Waals surface area contributed by atoms with Gasteiger partial charge in [0, 0.05) is 11.0 Å². The van der Waals surface area contributed by atoms with Crippen molar-refractivity contribution in [3.05, 3.63) is 48.0 Å². The molecule has 0 fully saturated rings. The van der Waals surface area contributed by atoms with Crippen LogP contribution in [0.1, 0.15) is 5.56 Å². The van der Waals surface area contributed by atoms with E-state index in [1.165, 1.54) is 29.5 Å². The van der Waals surface area contributed by atoms with E-state index in [1.54, 1.807) is 6.07 Å². The van der Waals surface area contributed by atoms with Crippen molar-refractivity contribution < 1.29 is 13.5 Å². The molecule has 1 N–H and O–H groups in total. The van der Waals surface area contributed by atoms with Crippen molar-refractivity contribution in [3.8, 4) is 5.75 Å². The van der Waals surface area contributed by atoms with Crippen LogP contribution in [-0.2, 0) is 0 Å². The summed E-state index contributed by atoms with van der Waals surface area (Å²) in [6, 6.07) is 12.7. The topological polar surface area (TPSA) is 37.9 Å². The first-order valence-corrected chi connectivity index (χ1v) is 7.11. The molecular formula is C15H12F2N2OS. The highest BCUT2D eigenvalue weighted by Crippen LogP contribution is 2.29. The Balaban J connectivity index is 1.85. The van der Waals surface area contributed by atoms with Gasteiger partial charge in [0.1, 0.15) is 5.75 Å². The van der Waals surface area contributed by atoms with Crippen LogP contribution in [-0.4, -0.2) is 16.6 Å². The van der Waals surface area contributed by atoms with Crippen molar-refractivity contribution in [1.29, 1.82) is 0 Å². The van der Waals surface area contributed by atoms with Gasteiger partial charge >= 0.3 is 6.61 Å². The van der Waals surface area contributed by atoms with E-state index in [0.717, 1.165) is 4.90 Å². The molecule has 0 aliphatic rings. The zero-order valence-corrected chi connectivity index (χ0v) is 12.0. The number of aromatic nitrogens is 2. The Morgan fingerprint density at radius 3 is 2.62 bits per heavy atom. The molecule has 0 aliphatic heterocycles. The predicted molar refractivity (Wildman–Crippen MR) is 78.0 cm³/mol. The molecule has 6 heteroatoms. The summed E-state index contributed by atoms with van der Waals surface area (Å²) in [5.74, 6) is 0.119. The van der Waals surface area contributed by atoms with Crippen molar-refractivity contribution >= 4 is 22.8 Å². The van der Waals surface area contributed by atoms with Crippen LogP contribution in [0.5, 0.6) is 5.75 Å². The van der Waals surface area contributed by atoms with E-state index in [2.05, 4.69) is 14.7 Å². The molecule has 1 heterocycles. The van der Waals surface area contributed by atoms with E-state index >= 15 is 0 Å². The van der Waals surface area contributed by atoms with E-state index in [4.69, 9.17) is 0 Å². The van der Waals surface area contributed by atoms with E-state index in [9.17, 15) is 8.78 Å². The Morgan fingerprint density at radius 1 is 1.14 bits per heavy atom. The number of rotatable bonds is 4. The van der Waals surface area contributed by atoms with Crippen molar-refractivity contribution in [3.63, 3.8) is 0 Å². The van der Waals surface area contributed by atoms with Gasteiger partial charge in [0.05, 0.1) is 11.0 Å². The molecule has 0 saturated carbocycles. The van der Waals surface area contributed by atoms with Crippen LogP contribution in [0.3, 0.4) is 0 Å². The predicted octanol–water partition coefficient (Wildman–Crippen LogP) is 4.62. The highest BCUT2D eigenvalue weighted by molar-refractivity contribution is 7.99. The fourth-order valence-electron chi connectivity index (χ4n) is 1.91. The van der Waals surface area contributed by atoms with Crippen LogP contribution < -0.4 is 4.74 Å². The number of imidazole rings is 1. The minimum atomic E-state index is -2.83. The number of hydrogen-bond donors (Lipinski definition) is 1. The Labute approximate surface area is 124 Å². The second kappa shape index (κ2) is 5.73. The summed E-state index contributed by atoms with van der Waals surface area (Å²) < 4.78 is 28.8. The molecule has 3 rings (SSSR count). The molecule has 1 aromatic heterocycles. The number of hydrogen-bond acceptors (Lipinski definition) is 3. The number of benzene rings is 2. The van der Waals surface area contributed by atoms with Gasteiger partial charge in [0.25, 0.3) is 0 Å². The molecule has 3 nitrogen and oxygen atoms in total. The van der Waals surface area contributed by atoms with E-state index in [1.807, 2.05) is 31.2 Å². The highest BCUT2D eigenvalue weighted by Gasteiger charge is 2.08. The summed E-state index contributed by atoms with van der Waals surface area (Å²) in [5, 5.41) is 0.711. The normalized spacial score (nSPS) is 11.2. The van der Waals surface area contributed by atoms with Gasteiger partial charge in [-0.25, -0.2) is 4.98 Å². The third kappa shape index (κ3) is 3.33. The minimum absolute atomic E-state index is 0.119. The summed E-state index contributed by atoms with van der Waals surface area (Å²) in [5.41, 5.74) is 2.58. The van der Waals surface area contributed by atoms with Crippen molar-refractivity contribution in [2.75, 3.05) is 0 Å². The first-order valence-electron chi connectivity index (χ1n) is 6.29. The molecule has 0 radical (unpaired) electrons. The minimum Gasteiger partial charge on any atom is -0.435 e. The smallest absolute Gasteiger partial charge is 0.387 e. The van der Waals surface area contributed by atoms with Gasteiger partial charge in [0.2, 0.25) is 0 Å². The molecular weight excluding hydrogens is 294 g/mol. The van der Waals surface area contributed by atoms with E-state index in [0.29, 0.717) is 16.2 Å². The molecule has 0 atom stereocenters. The highest BCUT2D eigenvalue weighted by atomic mass is 32.2. The van der Waals surface area contributed by atoms with Gasteiger partial charge in [-0.3, -0.25) is 0 Å². The maximum atomic E-state index is 12.2. The quantitative estimate of drug-likeness (QED) is 0.764. The fourth-order valence-corrected chi connectivity index (χ4v) is 2.71. The first kappa shape index (κ1) is 13.9. The van der Waals surface area contributed by atoms with Crippen LogP contribution in [0.2, 0.25) is 0 Å². The summed E-state index contributed by atoms with van der Waals surface area (Å²) in [6.45, 7) is -0.799. The lowest BCUT2D eigenvalue weighted by Crippen LogP contribution is -2.01. The van der Waals surface area contributed by atoms with Crippen molar-refractivity contribution in [2.24, 2.45) is 0 Å². The molecule has 21 heavy (non-hydrogen) atoms. The van der Waals surface area contributed by atoms with Crippen LogP contribution in [0.15, 0.2) is 52.5 Å². The van der Waals surface area contributed by atoms with Crippen molar-refractivity contribution in [1.82, 2.24) is 9.97 Å². The third-order valence-electron chi connectivity index (χ3n) is 2.89. The number of alkyl halides is 2. The summed E-state index contributed by atoms with van der Waals surface area (Å²) in [6.07, 6.45) is 0. The summed E-state index contributed by atoms with van der Waals surface area (Å²) in [7, 11) is 0. The Hall–Kier alpha value is -2.08. The van der Waals surface area contributed by atoms with Gasteiger partial charge in [-0.1, -0.05) is 29.5 Å². The number of H-pyrrole nitrogens is 1. The number of aromatic amines is 1. The van der Waals surface area contributed by atoms with E-state index in [-0.39, 0.29) is 5.75 Å². The van der Waals surface area contributed by atoms with Gasteiger partial charge < -0.3 is 9.72 Å². The maximum Gasteiger partial charge on any atom is 0.387 e. The van der Waals surface area contributed by atoms with Gasteiger partial charge in [-0.2, -0.15) is 8.78 Å². The molecule has 0 bridgehead atoms. The average molecular weight is 306 g/mol. The van der Waals surface area contributed by atoms with E-state index < -0.39 is 6.61 Å². The van der Waals surface area contributed by atoms with Crippen LogP contribution >= 0.6 is 11.8 Å². The summed E-state index contributed by atoms with van der Waals surface area (Å²) >= 11 is 1.49. The van der Waals surface area contributed by atoms with Crippen LogP contribution in [0.25, 0.3) is 11.0 Å². The van der Waals surface area contributed by atoms with Gasteiger partial charge in [0.15, 0.2) is 5.16 Å². The van der Waals surface area contributed by atoms with Gasteiger partial charge in [-0.05, 0) is 31.2 Å². The zero-order valence-electron chi connectivity index (χ0n) is 11.1. The van der Waals surface area contributed by atoms with Crippen molar-refractivity contribution in [2.45, 2.75) is 23.6 Å². The monoisotopic (exact) mass is 306 g/mol. The zero-order chi connectivity index (χ0) is 14.8. The number of ether oxygens (including phenoxy) is 1. The molecule has 3 aromatic rings. The molecule has 0 amide bonds. The third-order valence-corrected chi connectivity index (χ3v) is 3.79. The van der Waals surface area contributed by atoms with Crippen LogP contribution in [0.4, 0.5) is 8.78 Å². The second-order valence-corrected chi connectivity index (χ2v) is 5.58. The lowest BCUT2D eigenvalue weighted by molar-refractivity contribution is -0.0497. The number of halogens is 2. The number of aryl methyl sites for hydroxylation is 1. The average Bonchev–Trinajstić information content (AvgIpc) is 2.82. The molecule has 0 aliphatic carbocycles. The SMILES string of the molecule is Cc1ccc(Sc2nc3ccc(OC(F)F)cc3[nH]2)cc1. The number of fused-ring (bicyclic) bond motifs is 1. The molecule has 0 saturated heterocycles. The molecule has 108 valence electrons.